The smallest absolute Gasteiger partial charge is 0.191 e. The highest BCUT2D eigenvalue weighted by atomic mass is 127. The van der Waals surface area contributed by atoms with Gasteiger partial charge >= 0.3 is 0 Å². The zero-order valence-corrected chi connectivity index (χ0v) is 15.8. The minimum absolute atomic E-state index is 0. The fraction of sp³-hybridized carbons (Fsp3) is 0.500. The summed E-state index contributed by atoms with van der Waals surface area (Å²) >= 11 is 1.78. The molecule has 3 N–H and O–H groups in total. The number of halogens is 1. The van der Waals surface area contributed by atoms with Crippen LogP contribution in [0.5, 0.6) is 11.5 Å². The standard InChI is InChI=1S/C14H23N3O2S.HI/c1-4-15-14(16-7-8-20-3)17-10-11-9-12(19-2)5-6-13(11)18;/h5-6,9,18H,4,7-8,10H2,1-3H3,(H2,15,16,17);1H. The summed E-state index contributed by atoms with van der Waals surface area (Å²) in [4.78, 5) is 4.46. The predicted octanol–water partition coefficient (Wildman–Crippen LogP) is 2.44. The number of guanidine groups is 1. The fourth-order valence-corrected chi connectivity index (χ4v) is 1.90. The Morgan fingerprint density at radius 1 is 1.38 bits per heavy atom. The lowest BCUT2D eigenvalue weighted by atomic mass is 10.2. The zero-order chi connectivity index (χ0) is 14.8. The number of phenolic OH excluding ortho intramolecular Hbond substituents is 1. The van der Waals surface area contributed by atoms with Gasteiger partial charge in [-0.15, -0.1) is 24.0 Å². The third-order valence-corrected chi connectivity index (χ3v) is 3.25. The van der Waals surface area contributed by atoms with Gasteiger partial charge in [0.1, 0.15) is 11.5 Å². The summed E-state index contributed by atoms with van der Waals surface area (Å²) in [6, 6.07) is 5.15. The number of nitrogens with zero attached hydrogens (tertiary/aromatic N) is 1. The van der Waals surface area contributed by atoms with Gasteiger partial charge in [-0.1, -0.05) is 0 Å². The Morgan fingerprint density at radius 2 is 2.14 bits per heavy atom. The van der Waals surface area contributed by atoms with E-state index < -0.39 is 0 Å². The van der Waals surface area contributed by atoms with Gasteiger partial charge in [0, 0.05) is 24.4 Å². The number of hydrogen-bond donors (Lipinski definition) is 3. The van der Waals surface area contributed by atoms with Crippen LogP contribution >= 0.6 is 35.7 Å². The maximum absolute atomic E-state index is 9.82. The number of ether oxygens (including phenoxy) is 1. The van der Waals surface area contributed by atoms with Crippen LogP contribution in [0.15, 0.2) is 23.2 Å². The average molecular weight is 425 g/mol. The van der Waals surface area contributed by atoms with Crippen molar-refractivity contribution < 1.29 is 9.84 Å². The van der Waals surface area contributed by atoms with E-state index in [0.717, 1.165) is 30.4 Å². The van der Waals surface area contributed by atoms with Gasteiger partial charge < -0.3 is 20.5 Å². The molecule has 0 bridgehead atoms. The summed E-state index contributed by atoms with van der Waals surface area (Å²) in [5.74, 6) is 2.72. The van der Waals surface area contributed by atoms with Crippen molar-refractivity contribution in [1.82, 2.24) is 10.6 Å². The number of aliphatic imine (C=N–C) groups is 1. The van der Waals surface area contributed by atoms with Crippen LogP contribution in [0.1, 0.15) is 12.5 Å². The quantitative estimate of drug-likeness (QED) is 0.271. The number of benzene rings is 1. The third-order valence-electron chi connectivity index (χ3n) is 2.64. The number of thioether (sulfide) groups is 1. The normalized spacial score (nSPS) is 10.7. The number of hydrogen-bond acceptors (Lipinski definition) is 4. The second kappa shape index (κ2) is 11.8. The number of nitrogens with one attached hydrogen (secondary N) is 2. The van der Waals surface area contributed by atoms with E-state index in [9.17, 15) is 5.11 Å². The molecule has 0 aliphatic rings. The zero-order valence-electron chi connectivity index (χ0n) is 12.7. The number of phenols is 1. The minimum Gasteiger partial charge on any atom is -0.508 e. The van der Waals surface area contributed by atoms with Gasteiger partial charge in [0.15, 0.2) is 5.96 Å². The molecule has 21 heavy (non-hydrogen) atoms. The molecule has 5 nitrogen and oxygen atoms in total. The number of rotatable bonds is 7. The Kier molecular flexibility index (Phi) is 11.3. The summed E-state index contributed by atoms with van der Waals surface area (Å²) in [6.45, 7) is 4.08. The van der Waals surface area contributed by atoms with Crippen molar-refractivity contribution >= 4 is 41.7 Å². The Morgan fingerprint density at radius 3 is 2.76 bits per heavy atom. The van der Waals surface area contributed by atoms with Crippen LogP contribution in [0, 0.1) is 0 Å². The molecular formula is C14H24IN3O2S. The first-order chi connectivity index (χ1) is 9.71. The van der Waals surface area contributed by atoms with Gasteiger partial charge in [0.25, 0.3) is 0 Å². The molecular weight excluding hydrogens is 401 g/mol. The van der Waals surface area contributed by atoms with Crippen LogP contribution in [-0.2, 0) is 6.54 Å². The van der Waals surface area contributed by atoms with Gasteiger partial charge in [-0.2, -0.15) is 11.8 Å². The van der Waals surface area contributed by atoms with Gasteiger partial charge in [0.2, 0.25) is 0 Å². The summed E-state index contributed by atoms with van der Waals surface area (Å²) < 4.78 is 5.15. The lowest BCUT2D eigenvalue weighted by Crippen LogP contribution is -2.38. The average Bonchev–Trinajstić information content (AvgIpc) is 2.46. The van der Waals surface area contributed by atoms with Gasteiger partial charge in [-0.3, -0.25) is 0 Å². The summed E-state index contributed by atoms with van der Waals surface area (Å²) in [7, 11) is 1.60. The summed E-state index contributed by atoms with van der Waals surface area (Å²) in [5, 5.41) is 16.2. The Balaban J connectivity index is 0.00000400. The van der Waals surface area contributed by atoms with Crippen LogP contribution < -0.4 is 15.4 Å². The van der Waals surface area contributed by atoms with E-state index in [0.29, 0.717) is 12.3 Å². The van der Waals surface area contributed by atoms with Crippen molar-refractivity contribution in [1.29, 1.82) is 0 Å². The van der Waals surface area contributed by atoms with E-state index >= 15 is 0 Å². The number of methoxy groups -OCH3 is 1. The summed E-state index contributed by atoms with van der Waals surface area (Å²) in [6.07, 6.45) is 2.07. The number of aromatic hydroxyl groups is 1. The minimum atomic E-state index is 0. The molecule has 0 radical (unpaired) electrons. The maximum Gasteiger partial charge on any atom is 0.191 e. The molecule has 0 heterocycles. The molecule has 1 rings (SSSR count). The first kappa shape index (κ1) is 20.2. The SMILES string of the molecule is CCNC(=NCc1cc(OC)ccc1O)NCCSC.I. The van der Waals surface area contributed by atoms with Crippen LogP contribution in [-0.4, -0.2) is 43.3 Å². The highest BCUT2D eigenvalue weighted by molar-refractivity contribution is 14.0. The summed E-state index contributed by atoms with van der Waals surface area (Å²) in [5.41, 5.74) is 0.742. The highest BCUT2D eigenvalue weighted by Crippen LogP contribution is 2.23. The third kappa shape index (κ3) is 7.66. The topological polar surface area (TPSA) is 65.9 Å². The van der Waals surface area contributed by atoms with E-state index in [2.05, 4.69) is 21.9 Å². The fourth-order valence-electron chi connectivity index (χ4n) is 1.59. The van der Waals surface area contributed by atoms with Crippen molar-refractivity contribution in [2.45, 2.75) is 13.5 Å². The lowest BCUT2D eigenvalue weighted by molar-refractivity contribution is 0.411. The molecule has 1 aromatic rings. The molecule has 0 atom stereocenters. The van der Waals surface area contributed by atoms with E-state index in [-0.39, 0.29) is 29.7 Å². The monoisotopic (exact) mass is 425 g/mol. The van der Waals surface area contributed by atoms with E-state index in [1.54, 1.807) is 37.1 Å². The molecule has 1 aromatic carbocycles. The van der Waals surface area contributed by atoms with Crippen LogP contribution in [0.2, 0.25) is 0 Å². The second-order valence-electron chi connectivity index (χ2n) is 4.11. The molecule has 0 saturated carbocycles. The van der Waals surface area contributed by atoms with Crippen molar-refractivity contribution in [2.75, 3.05) is 32.2 Å². The molecule has 0 spiro atoms. The van der Waals surface area contributed by atoms with Gasteiger partial charge in [0.05, 0.1) is 13.7 Å². The maximum atomic E-state index is 9.82. The van der Waals surface area contributed by atoms with Crippen molar-refractivity contribution in [3.05, 3.63) is 23.8 Å². The van der Waals surface area contributed by atoms with E-state index in [4.69, 9.17) is 4.74 Å². The Bertz CT molecular complexity index is 444. The largest absolute Gasteiger partial charge is 0.508 e. The van der Waals surface area contributed by atoms with Crippen molar-refractivity contribution in [3.63, 3.8) is 0 Å². The first-order valence-corrected chi connectivity index (χ1v) is 7.97. The molecule has 120 valence electrons. The van der Waals surface area contributed by atoms with Gasteiger partial charge in [-0.05, 0) is 31.4 Å². The van der Waals surface area contributed by atoms with E-state index in [1.165, 1.54) is 0 Å². The molecule has 0 aromatic heterocycles. The molecule has 0 unspecified atom stereocenters. The molecule has 0 fully saturated rings. The van der Waals surface area contributed by atoms with Gasteiger partial charge in [-0.25, -0.2) is 4.99 Å². The Hall–Kier alpha value is -0.830. The van der Waals surface area contributed by atoms with Crippen LogP contribution in [0.3, 0.4) is 0 Å². The van der Waals surface area contributed by atoms with Crippen molar-refractivity contribution in [3.8, 4) is 11.5 Å². The van der Waals surface area contributed by atoms with Crippen molar-refractivity contribution in [2.24, 2.45) is 4.99 Å². The Labute approximate surface area is 148 Å². The molecule has 0 amide bonds. The second-order valence-corrected chi connectivity index (χ2v) is 5.09. The molecule has 0 aliphatic carbocycles. The molecule has 0 saturated heterocycles. The van der Waals surface area contributed by atoms with E-state index in [1.807, 2.05) is 6.92 Å². The molecule has 0 aliphatic heterocycles. The highest BCUT2D eigenvalue weighted by Gasteiger charge is 2.03. The predicted molar refractivity (Wildman–Crippen MR) is 101 cm³/mol. The first-order valence-electron chi connectivity index (χ1n) is 6.58. The lowest BCUT2D eigenvalue weighted by Gasteiger charge is -2.11. The molecule has 7 heteroatoms. The van der Waals surface area contributed by atoms with Crippen LogP contribution in [0.4, 0.5) is 0 Å². The van der Waals surface area contributed by atoms with Crippen LogP contribution in [0.25, 0.3) is 0 Å².